The van der Waals surface area contributed by atoms with Crippen LogP contribution in [0.4, 0.5) is 4.79 Å². The Bertz CT molecular complexity index is 1030. The van der Waals surface area contributed by atoms with Gasteiger partial charge in [-0.25, -0.2) is 4.79 Å². The first-order valence-electron chi connectivity index (χ1n) is 10.1. The Hall–Kier alpha value is -3.53. The normalized spacial score (nSPS) is 13.5. The molecule has 0 aromatic heterocycles. The van der Waals surface area contributed by atoms with E-state index in [1.165, 1.54) is 16.7 Å². The first kappa shape index (κ1) is 19.8. The molecule has 0 aliphatic carbocycles. The maximum atomic E-state index is 12.4. The van der Waals surface area contributed by atoms with Crippen molar-refractivity contribution in [2.75, 3.05) is 20.2 Å². The van der Waals surface area contributed by atoms with Gasteiger partial charge < -0.3 is 14.4 Å². The molecule has 0 unspecified atom stereocenters. The molecule has 1 amide bonds. The molecule has 30 heavy (non-hydrogen) atoms. The summed E-state index contributed by atoms with van der Waals surface area (Å²) in [6.07, 6.45) is 2.67. The van der Waals surface area contributed by atoms with Crippen LogP contribution in [0.15, 0.2) is 84.9 Å². The van der Waals surface area contributed by atoms with Crippen LogP contribution in [-0.4, -0.2) is 31.2 Å². The number of hydrogen-bond acceptors (Lipinski definition) is 3. The molecule has 3 aromatic rings. The van der Waals surface area contributed by atoms with Gasteiger partial charge in [-0.2, -0.15) is 0 Å². The van der Waals surface area contributed by atoms with Gasteiger partial charge in [-0.1, -0.05) is 72.8 Å². The van der Waals surface area contributed by atoms with E-state index in [2.05, 4.69) is 42.5 Å². The zero-order valence-electron chi connectivity index (χ0n) is 17.1. The Kier molecular flexibility index (Phi) is 6.14. The van der Waals surface area contributed by atoms with Crippen molar-refractivity contribution in [2.45, 2.75) is 13.0 Å². The number of hydrogen-bond donors (Lipinski definition) is 0. The van der Waals surface area contributed by atoms with Crippen LogP contribution in [0.25, 0.3) is 16.7 Å². The summed E-state index contributed by atoms with van der Waals surface area (Å²) in [5.41, 5.74) is 5.80. The minimum absolute atomic E-state index is 0.266. The topological polar surface area (TPSA) is 38.8 Å². The number of benzene rings is 3. The fourth-order valence-electron chi connectivity index (χ4n) is 3.68. The maximum Gasteiger partial charge on any atom is 0.410 e. The fraction of sp³-hybridized carbons (Fsp3) is 0.192. The van der Waals surface area contributed by atoms with E-state index in [4.69, 9.17) is 9.47 Å². The van der Waals surface area contributed by atoms with Crippen molar-refractivity contribution in [3.8, 4) is 16.9 Å². The van der Waals surface area contributed by atoms with Crippen LogP contribution in [0.3, 0.4) is 0 Å². The highest BCUT2D eigenvalue weighted by Crippen LogP contribution is 2.33. The van der Waals surface area contributed by atoms with E-state index >= 15 is 0 Å². The monoisotopic (exact) mass is 399 g/mol. The van der Waals surface area contributed by atoms with Gasteiger partial charge >= 0.3 is 6.09 Å². The van der Waals surface area contributed by atoms with E-state index in [1.807, 2.05) is 42.5 Å². The minimum atomic E-state index is -0.266. The number of ether oxygens (including phenoxy) is 2. The van der Waals surface area contributed by atoms with Crippen LogP contribution < -0.4 is 4.74 Å². The Morgan fingerprint density at radius 1 is 0.900 bits per heavy atom. The molecule has 0 fully saturated rings. The predicted molar refractivity (Wildman–Crippen MR) is 119 cm³/mol. The van der Waals surface area contributed by atoms with Gasteiger partial charge in [-0.05, 0) is 46.4 Å². The van der Waals surface area contributed by atoms with Crippen LogP contribution >= 0.6 is 0 Å². The molecule has 1 aliphatic heterocycles. The van der Waals surface area contributed by atoms with Crippen molar-refractivity contribution >= 4 is 11.7 Å². The first-order chi connectivity index (χ1) is 14.7. The second kappa shape index (κ2) is 9.31. The molecule has 0 radical (unpaired) electrons. The molecule has 0 bridgehead atoms. The lowest BCUT2D eigenvalue weighted by Crippen LogP contribution is -2.35. The van der Waals surface area contributed by atoms with Gasteiger partial charge in [0.15, 0.2) is 0 Å². The van der Waals surface area contributed by atoms with Crippen LogP contribution in [0.5, 0.6) is 5.75 Å². The Morgan fingerprint density at radius 3 is 2.27 bits per heavy atom. The number of methoxy groups -OCH3 is 1. The number of amides is 1. The average molecular weight is 399 g/mol. The number of carbonyl (C=O) groups is 1. The molecule has 0 N–H and O–H groups in total. The molecule has 4 nitrogen and oxygen atoms in total. The van der Waals surface area contributed by atoms with Gasteiger partial charge in [0.25, 0.3) is 0 Å². The summed E-state index contributed by atoms with van der Waals surface area (Å²) in [5, 5.41) is 0. The largest absolute Gasteiger partial charge is 0.497 e. The van der Waals surface area contributed by atoms with Gasteiger partial charge in [-0.15, -0.1) is 0 Å². The molecular weight excluding hydrogens is 374 g/mol. The Morgan fingerprint density at radius 2 is 1.60 bits per heavy atom. The molecule has 0 spiro atoms. The molecule has 3 aromatic carbocycles. The third-order valence-electron chi connectivity index (χ3n) is 5.35. The molecule has 0 saturated heterocycles. The van der Waals surface area contributed by atoms with Crippen LogP contribution in [-0.2, 0) is 11.3 Å². The standard InChI is InChI=1S/C26H25NO3/c1-29-23-13-11-21(12-14-23)24-9-5-6-10-25(24)22-15-17-27(18-16-22)26(28)30-19-20-7-3-2-4-8-20/h2-15H,16-19H2,1H3. The van der Waals surface area contributed by atoms with E-state index in [-0.39, 0.29) is 6.09 Å². The Labute approximate surface area is 177 Å². The molecule has 0 saturated carbocycles. The SMILES string of the molecule is COc1ccc(-c2ccccc2C2=CCN(C(=O)OCc3ccccc3)CC2)cc1. The molecule has 152 valence electrons. The van der Waals surface area contributed by atoms with E-state index in [9.17, 15) is 4.79 Å². The highest BCUT2D eigenvalue weighted by molar-refractivity contribution is 5.82. The summed E-state index contributed by atoms with van der Waals surface area (Å²) in [6.45, 7) is 1.50. The van der Waals surface area contributed by atoms with Crippen LogP contribution in [0.2, 0.25) is 0 Å². The summed E-state index contributed by atoms with van der Waals surface area (Å²) in [5.74, 6) is 0.845. The van der Waals surface area contributed by atoms with E-state index in [1.54, 1.807) is 12.0 Å². The van der Waals surface area contributed by atoms with Crippen molar-refractivity contribution in [2.24, 2.45) is 0 Å². The molecule has 4 rings (SSSR count). The van der Waals surface area contributed by atoms with Crippen molar-refractivity contribution < 1.29 is 14.3 Å². The summed E-state index contributed by atoms with van der Waals surface area (Å²) in [6, 6.07) is 26.3. The zero-order valence-corrected chi connectivity index (χ0v) is 17.1. The van der Waals surface area contributed by atoms with Gasteiger partial charge in [0.2, 0.25) is 0 Å². The number of rotatable bonds is 5. The molecule has 1 aliphatic rings. The van der Waals surface area contributed by atoms with Crippen LogP contribution in [0.1, 0.15) is 17.5 Å². The predicted octanol–water partition coefficient (Wildman–Crippen LogP) is 5.79. The quantitative estimate of drug-likeness (QED) is 0.545. The van der Waals surface area contributed by atoms with Gasteiger partial charge in [0, 0.05) is 13.1 Å². The van der Waals surface area contributed by atoms with Crippen molar-refractivity contribution in [1.29, 1.82) is 0 Å². The third kappa shape index (κ3) is 4.54. The summed E-state index contributed by atoms with van der Waals surface area (Å²) >= 11 is 0. The summed E-state index contributed by atoms with van der Waals surface area (Å²) < 4.78 is 10.7. The molecule has 0 atom stereocenters. The van der Waals surface area contributed by atoms with Crippen LogP contribution in [0, 0.1) is 0 Å². The highest BCUT2D eigenvalue weighted by Gasteiger charge is 2.20. The van der Waals surface area contributed by atoms with Gasteiger partial charge in [0.1, 0.15) is 12.4 Å². The van der Waals surface area contributed by atoms with E-state index in [0.29, 0.717) is 19.7 Å². The van der Waals surface area contributed by atoms with E-state index < -0.39 is 0 Å². The molecule has 1 heterocycles. The van der Waals surface area contributed by atoms with E-state index in [0.717, 1.165) is 23.3 Å². The lowest BCUT2D eigenvalue weighted by molar-refractivity contribution is 0.0998. The zero-order chi connectivity index (χ0) is 20.8. The van der Waals surface area contributed by atoms with Crippen molar-refractivity contribution in [3.63, 3.8) is 0 Å². The van der Waals surface area contributed by atoms with Gasteiger partial charge in [0.05, 0.1) is 7.11 Å². The summed E-state index contributed by atoms with van der Waals surface area (Å²) in [4.78, 5) is 14.2. The second-order valence-electron chi connectivity index (χ2n) is 7.24. The first-order valence-corrected chi connectivity index (χ1v) is 10.1. The lowest BCUT2D eigenvalue weighted by Gasteiger charge is -2.27. The average Bonchev–Trinajstić information content (AvgIpc) is 2.83. The highest BCUT2D eigenvalue weighted by atomic mass is 16.6. The summed E-state index contributed by atoms with van der Waals surface area (Å²) in [7, 11) is 1.67. The van der Waals surface area contributed by atoms with Crippen molar-refractivity contribution in [3.05, 3.63) is 96.1 Å². The fourth-order valence-corrected chi connectivity index (χ4v) is 3.68. The third-order valence-corrected chi connectivity index (χ3v) is 5.35. The smallest absolute Gasteiger partial charge is 0.410 e. The van der Waals surface area contributed by atoms with Crippen molar-refractivity contribution in [1.82, 2.24) is 4.90 Å². The lowest BCUT2D eigenvalue weighted by atomic mass is 9.91. The molecular formula is C26H25NO3. The maximum absolute atomic E-state index is 12.4. The molecule has 4 heteroatoms. The minimum Gasteiger partial charge on any atom is -0.497 e. The number of carbonyl (C=O) groups excluding carboxylic acids is 1. The second-order valence-corrected chi connectivity index (χ2v) is 7.24. The Balaban J connectivity index is 1.45. The number of nitrogens with zero attached hydrogens (tertiary/aromatic N) is 1. The van der Waals surface area contributed by atoms with Gasteiger partial charge in [-0.3, -0.25) is 0 Å².